The zero-order valence-corrected chi connectivity index (χ0v) is 9.97. The first-order valence-corrected chi connectivity index (χ1v) is 5.20. The van der Waals surface area contributed by atoms with E-state index >= 15 is 0 Å². The summed E-state index contributed by atoms with van der Waals surface area (Å²) in [5.74, 6) is -0.251. The SMILES string of the molecule is Cn1nnc(Br)c1C(=O)c1ccc(N)cn1. The van der Waals surface area contributed by atoms with Gasteiger partial charge in [-0.2, -0.15) is 0 Å². The summed E-state index contributed by atoms with van der Waals surface area (Å²) >= 11 is 3.16. The lowest BCUT2D eigenvalue weighted by Crippen LogP contribution is -2.10. The topological polar surface area (TPSA) is 86.7 Å². The first kappa shape index (κ1) is 10.7. The molecule has 16 heavy (non-hydrogen) atoms. The van der Waals surface area contributed by atoms with Crippen LogP contribution in [0, 0.1) is 0 Å². The van der Waals surface area contributed by atoms with Crippen molar-refractivity contribution in [2.45, 2.75) is 0 Å². The van der Waals surface area contributed by atoms with Crippen LogP contribution in [0.25, 0.3) is 0 Å². The lowest BCUT2D eigenvalue weighted by Gasteiger charge is -2.00. The van der Waals surface area contributed by atoms with Gasteiger partial charge in [-0.1, -0.05) is 5.21 Å². The third-order valence-corrected chi connectivity index (χ3v) is 2.55. The molecule has 2 rings (SSSR count). The highest BCUT2D eigenvalue weighted by Crippen LogP contribution is 2.15. The number of nitrogens with two attached hydrogens (primary N) is 1. The van der Waals surface area contributed by atoms with Crippen molar-refractivity contribution in [3.8, 4) is 0 Å². The Labute approximate surface area is 99.6 Å². The number of ketones is 1. The van der Waals surface area contributed by atoms with E-state index in [1.807, 2.05) is 0 Å². The van der Waals surface area contributed by atoms with Gasteiger partial charge in [-0.25, -0.2) is 4.68 Å². The Balaban J connectivity index is 2.43. The smallest absolute Gasteiger partial charge is 0.232 e. The molecular formula is C9H8BrN5O. The molecule has 0 aliphatic heterocycles. The highest BCUT2D eigenvalue weighted by molar-refractivity contribution is 9.10. The molecule has 2 aromatic rings. The number of nitrogen functional groups attached to an aromatic ring is 1. The molecule has 2 aromatic heterocycles. The Morgan fingerprint density at radius 1 is 1.50 bits per heavy atom. The average molecular weight is 282 g/mol. The number of anilines is 1. The second kappa shape index (κ2) is 4.01. The molecule has 0 aliphatic rings. The standard InChI is InChI=1S/C9H8BrN5O/c1-15-7(9(10)13-14-15)8(16)6-3-2-5(11)4-12-6/h2-4H,11H2,1H3. The maximum absolute atomic E-state index is 12.0. The number of carbonyl (C=O) groups excluding carboxylic acids is 1. The third kappa shape index (κ3) is 1.81. The fraction of sp³-hybridized carbons (Fsp3) is 0.111. The van der Waals surface area contributed by atoms with Gasteiger partial charge < -0.3 is 5.73 Å². The van der Waals surface area contributed by atoms with Crippen LogP contribution in [0.1, 0.15) is 16.2 Å². The van der Waals surface area contributed by atoms with Gasteiger partial charge >= 0.3 is 0 Å². The van der Waals surface area contributed by atoms with Crippen molar-refractivity contribution in [1.82, 2.24) is 20.0 Å². The van der Waals surface area contributed by atoms with Crippen LogP contribution in [0.2, 0.25) is 0 Å². The molecule has 0 unspecified atom stereocenters. The summed E-state index contributed by atoms with van der Waals surface area (Å²) in [7, 11) is 1.64. The molecule has 0 radical (unpaired) electrons. The summed E-state index contributed by atoms with van der Waals surface area (Å²) < 4.78 is 1.79. The van der Waals surface area contributed by atoms with Crippen LogP contribution in [0.5, 0.6) is 0 Å². The molecule has 0 amide bonds. The van der Waals surface area contributed by atoms with E-state index in [0.717, 1.165) is 0 Å². The number of pyridine rings is 1. The van der Waals surface area contributed by atoms with E-state index in [0.29, 0.717) is 21.7 Å². The number of nitrogens with zero attached hydrogens (tertiary/aromatic N) is 4. The number of aryl methyl sites for hydroxylation is 1. The van der Waals surface area contributed by atoms with E-state index in [4.69, 9.17) is 5.73 Å². The Hall–Kier alpha value is -1.76. The maximum Gasteiger partial charge on any atom is 0.232 e. The van der Waals surface area contributed by atoms with Gasteiger partial charge in [-0.05, 0) is 28.1 Å². The summed E-state index contributed by atoms with van der Waals surface area (Å²) in [5, 5.41) is 7.46. The molecule has 0 bridgehead atoms. The number of aromatic nitrogens is 4. The van der Waals surface area contributed by atoms with Crippen molar-refractivity contribution >= 4 is 27.4 Å². The highest BCUT2D eigenvalue weighted by atomic mass is 79.9. The van der Waals surface area contributed by atoms with Crippen molar-refractivity contribution in [1.29, 1.82) is 0 Å². The molecule has 82 valence electrons. The second-order valence-corrected chi connectivity index (χ2v) is 3.91. The lowest BCUT2D eigenvalue weighted by atomic mass is 10.2. The van der Waals surface area contributed by atoms with Crippen LogP contribution >= 0.6 is 15.9 Å². The fourth-order valence-electron chi connectivity index (χ4n) is 1.23. The Morgan fingerprint density at radius 2 is 2.25 bits per heavy atom. The molecule has 6 nitrogen and oxygen atoms in total. The van der Waals surface area contributed by atoms with E-state index in [1.165, 1.54) is 10.9 Å². The molecule has 0 aliphatic carbocycles. The minimum Gasteiger partial charge on any atom is -0.397 e. The summed E-state index contributed by atoms with van der Waals surface area (Å²) in [6.07, 6.45) is 1.44. The lowest BCUT2D eigenvalue weighted by molar-refractivity contribution is 0.102. The molecule has 0 fully saturated rings. The Morgan fingerprint density at radius 3 is 2.75 bits per heavy atom. The zero-order chi connectivity index (χ0) is 11.7. The van der Waals surface area contributed by atoms with Crippen molar-refractivity contribution in [2.75, 3.05) is 5.73 Å². The molecule has 0 atom stereocenters. The second-order valence-electron chi connectivity index (χ2n) is 3.16. The molecule has 0 saturated carbocycles. The van der Waals surface area contributed by atoms with Gasteiger partial charge in [0.1, 0.15) is 11.4 Å². The molecule has 0 spiro atoms. The van der Waals surface area contributed by atoms with E-state index in [9.17, 15) is 4.79 Å². The number of rotatable bonds is 2. The van der Waals surface area contributed by atoms with Gasteiger partial charge in [0.15, 0.2) is 4.60 Å². The molecule has 0 saturated heterocycles. The first-order chi connectivity index (χ1) is 7.59. The third-order valence-electron chi connectivity index (χ3n) is 2.02. The van der Waals surface area contributed by atoms with Gasteiger partial charge in [0.05, 0.1) is 11.9 Å². The number of hydrogen-bond donors (Lipinski definition) is 1. The van der Waals surface area contributed by atoms with Crippen LogP contribution < -0.4 is 5.73 Å². The molecule has 7 heteroatoms. The molecular weight excluding hydrogens is 274 g/mol. The molecule has 2 heterocycles. The van der Waals surface area contributed by atoms with E-state index in [2.05, 4.69) is 31.2 Å². The van der Waals surface area contributed by atoms with Crippen LogP contribution in [0.15, 0.2) is 22.9 Å². The Bertz CT molecular complexity index is 514. The predicted molar refractivity (Wildman–Crippen MR) is 60.8 cm³/mol. The molecule has 0 aromatic carbocycles. The van der Waals surface area contributed by atoms with E-state index < -0.39 is 0 Å². The summed E-state index contributed by atoms with van der Waals surface area (Å²) in [4.78, 5) is 16.0. The summed E-state index contributed by atoms with van der Waals surface area (Å²) in [6.45, 7) is 0. The Kier molecular flexibility index (Phi) is 2.69. The largest absolute Gasteiger partial charge is 0.397 e. The maximum atomic E-state index is 12.0. The number of halogens is 1. The van der Waals surface area contributed by atoms with Gasteiger partial charge in [0.2, 0.25) is 5.78 Å². The predicted octanol–water partition coefficient (Wildman–Crippen LogP) is 0.786. The van der Waals surface area contributed by atoms with Gasteiger partial charge in [-0.3, -0.25) is 9.78 Å². The monoisotopic (exact) mass is 281 g/mol. The number of carbonyl (C=O) groups is 1. The quantitative estimate of drug-likeness (QED) is 0.823. The summed E-state index contributed by atoms with van der Waals surface area (Å²) in [5.41, 5.74) is 6.67. The molecule has 2 N–H and O–H groups in total. The van der Waals surface area contributed by atoms with Crippen LogP contribution in [0.3, 0.4) is 0 Å². The van der Waals surface area contributed by atoms with Crippen molar-refractivity contribution < 1.29 is 4.79 Å². The zero-order valence-electron chi connectivity index (χ0n) is 8.38. The van der Waals surface area contributed by atoms with Crippen molar-refractivity contribution in [3.05, 3.63) is 34.3 Å². The fourth-order valence-corrected chi connectivity index (χ4v) is 1.74. The number of hydrogen-bond acceptors (Lipinski definition) is 5. The minimum atomic E-state index is -0.251. The van der Waals surface area contributed by atoms with Crippen LogP contribution in [-0.4, -0.2) is 25.8 Å². The van der Waals surface area contributed by atoms with Crippen molar-refractivity contribution in [3.63, 3.8) is 0 Å². The first-order valence-electron chi connectivity index (χ1n) is 4.41. The van der Waals surface area contributed by atoms with Gasteiger partial charge in [-0.15, -0.1) is 5.10 Å². The van der Waals surface area contributed by atoms with E-state index in [1.54, 1.807) is 19.2 Å². The summed E-state index contributed by atoms with van der Waals surface area (Å²) in [6, 6.07) is 3.19. The van der Waals surface area contributed by atoms with Crippen LogP contribution in [-0.2, 0) is 7.05 Å². The highest BCUT2D eigenvalue weighted by Gasteiger charge is 2.19. The van der Waals surface area contributed by atoms with E-state index in [-0.39, 0.29) is 5.78 Å². The van der Waals surface area contributed by atoms with Crippen LogP contribution in [0.4, 0.5) is 5.69 Å². The average Bonchev–Trinajstić information content (AvgIpc) is 2.59. The minimum absolute atomic E-state index is 0.251. The normalized spacial score (nSPS) is 10.4. The van der Waals surface area contributed by atoms with Gasteiger partial charge in [0.25, 0.3) is 0 Å². The van der Waals surface area contributed by atoms with Gasteiger partial charge in [0, 0.05) is 7.05 Å². The van der Waals surface area contributed by atoms with Crippen molar-refractivity contribution in [2.24, 2.45) is 7.05 Å².